The quantitative estimate of drug-likeness (QED) is 0.195. The van der Waals surface area contributed by atoms with E-state index in [4.69, 9.17) is 18.0 Å². The van der Waals surface area contributed by atoms with Gasteiger partial charge in [0, 0.05) is 38.3 Å². The van der Waals surface area contributed by atoms with E-state index in [1.165, 1.54) is 38.4 Å². The molecule has 1 aliphatic heterocycles. The van der Waals surface area contributed by atoms with Crippen molar-refractivity contribution in [3.8, 4) is 12.3 Å². The number of unbranched alkanes of at least 4 members (excludes halogenated alkanes) is 6. The summed E-state index contributed by atoms with van der Waals surface area (Å²) in [6, 6.07) is -0.0395. The van der Waals surface area contributed by atoms with Gasteiger partial charge in [-0.05, 0) is 6.42 Å². The van der Waals surface area contributed by atoms with Crippen LogP contribution < -0.4 is 5.32 Å². The van der Waals surface area contributed by atoms with E-state index in [0.717, 1.165) is 25.7 Å². The third-order valence-corrected chi connectivity index (χ3v) is 6.45. The monoisotopic (exact) mass is 471 g/mol. The summed E-state index contributed by atoms with van der Waals surface area (Å²) >= 11 is 6.19. The molecule has 0 saturated carbocycles. The van der Waals surface area contributed by atoms with Gasteiger partial charge in [0.05, 0.1) is 6.33 Å². The van der Waals surface area contributed by atoms with Crippen LogP contribution in [-0.2, 0) is 4.79 Å². The summed E-state index contributed by atoms with van der Waals surface area (Å²) in [4.78, 5) is 25.6. The van der Waals surface area contributed by atoms with Gasteiger partial charge >= 0.3 is 0 Å². The highest BCUT2D eigenvalue weighted by molar-refractivity contribution is 6.33. The Balaban J connectivity index is 1.55. The van der Waals surface area contributed by atoms with E-state index in [1.807, 2.05) is 4.57 Å². The molecule has 3 rings (SSSR count). The van der Waals surface area contributed by atoms with E-state index >= 15 is 0 Å². The van der Waals surface area contributed by atoms with Crippen LogP contribution in [0, 0.1) is 12.3 Å². The van der Waals surface area contributed by atoms with Gasteiger partial charge in [-0.25, -0.2) is 15.0 Å². The second-order valence-electron chi connectivity index (χ2n) is 8.74. The zero-order chi connectivity index (χ0) is 23.5. The molecule has 0 aromatic carbocycles. The first-order valence-electron chi connectivity index (χ1n) is 12.1. The molecular weight excluding hydrogens is 438 g/mol. The van der Waals surface area contributed by atoms with E-state index < -0.39 is 0 Å². The summed E-state index contributed by atoms with van der Waals surface area (Å²) in [5.74, 6) is 2.62. The van der Waals surface area contributed by atoms with Crippen LogP contribution in [0.2, 0.25) is 5.15 Å². The molecule has 0 fully saturated rings. The van der Waals surface area contributed by atoms with Crippen LogP contribution in [0.25, 0.3) is 11.2 Å². The van der Waals surface area contributed by atoms with Gasteiger partial charge in [-0.2, -0.15) is 10.2 Å². The molecule has 0 radical (unpaired) electrons. The second-order valence-corrected chi connectivity index (χ2v) is 9.10. The topological polar surface area (TPSA) is 97.4 Å². The maximum Gasteiger partial charge on any atom is 0.222 e. The number of terminal acetylenes is 1. The molecular formula is C24H34ClN7O. The maximum atomic E-state index is 12.8. The Morgan fingerprint density at radius 1 is 1.15 bits per heavy atom. The van der Waals surface area contributed by atoms with Gasteiger partial charge in [0.1, 0.15) is 11.8 Å². The zero-order valence-electron chi connectivity index (χ0n) is 19.5. The molecule has 1 unspecified atom stereocenters. The molecule has 2 aromatic heterocycles. The second kappa shape index (κ2) is 12.6. The minimum atomic E-state index is -0.384. The fourth-order valence-corrected chi connectivity index (χ4v) is 4.30. The molecule has 178 valence electrons. The number of hydrogen-bond donors (Lipinski definition) is 1. The largest absolute Gasteiger partial charge is 0.356 e. The number of nitrogens with zero attached hydrogens (tertiary/aromatic N) is 6. The fourth-order valence-electron chi connectivity index (χ4n) is 4.12. The van der Waals surface area contributed by atoms with Crippen molar-refractivity contribution >= 4 is 28.7 Å². The molecule has 9 heteroatoms. The molecule has 33 heavy (non-hydrogen) atoms. The van der Waals surface area contributed by atoms with Gasteiger partial charge in [-0.15, -0.1) is 12.3 Å². The lowest BCUT2D eigenvalue weighted by molar-refractivity contribution is -0.121. The molecule has 0 saturated heterocycles. The number of carbonyl (C=O) groups excluding carboxylic acids is 1. The average Bonchev–Trinajstić information content (AvgIpc) is 3.44. The number of halogens is 1. The summed E-state index contributed by atoms with van der Waals surface area (Å²) in [6.45, 7) is 2.76. The first-order valence-corrected chi connectivity index (χ1v) is 12.4. The Kier molecular flexibility index (Phi) is 9.61. The van der Waals surface area contributed by atoms with Gasteiger partial charge < -0.3 is 9.88 Å². The fraction of sp³-hybridized carbons (Fsp3) is 0.667. The first-order chi connectivity index (χ1) is 16.1. The lowest BCUT2D eigenvalue weighted by atomic mass is 10.0. The Hall–Kier alpha value is -2.53. The third kappa shape index (κ3) is 7.50. The predicted octanol–water partition coefficient (Wildman–Crippen LogP) is 5.63. The van der Waals surface area contributed by atoms with Crippen molar-refractivity contribution in [2.75, 3.05) is 6.54 Å². The van der Waals surface area contributed by atoms with Gasteiger partial charge in [-0.1, -0.05) is 63.5 Å². The number of rotatable bonds is 16. The number of amides is 1. The maximum absolute atomic E-state index is 12.8. The zero-order valence-corrected chi connectivity index (χ0v) is 20.2. The number of aromatic nitrogens is 4. The number of nitrogens with one attached hydrogen (secondary N) is 1. The highest BCUT2D eigenvalue weighted by Gasteiger charge is 2.38. The molecule has 3 heterocycles. The number of hydrogen-bond acceptors (Lipinski definition) is 6. The Bertz CT molecular complexity index is 975. The van der Waals surface area contributed by atoms with Crippen molar-refractivity contribution < 1.29 is 4.79 Å². The Morgan fingerprint density at radius 3 is 2.64 bits per heavy atom. The molecule has 2 aromatic rings. The number of imidazole rings is 1. The van der Waals surface area contributed by atoms with E-state index in [0.29, 0.717) is 42.1 Å². The molecule has 1 aliphatic rings. The third-order valence-electron chi connectivity index (χ3n) is 6.17. The molecule has 0 spiro atoms. The molecule has 8 nitrogen and oxygen atoms in total. The molecule has 0 aliphatic carbocycles. The van der Waals surface area contributed by atoms with Crippen LogP contribution >= 0.6 is 11.6 Å². The summed E-state index contributed by atoms with van der Waals surface area (Å²) < 4.78 is 1.97. The summed E-state index contributed by atoms with van der Waals surface area (Å²) in [5.41, 5.74) is 0.849. The van der Waals surface area contributed by atoms with Gasteiger partial charge in [0.25, 0.3) is 0 Å². The van der Waals surface area contributed by atoms with Gasteiger partial charge in [0.2, 0.25) is 5.91 Å². The molecule has 1 amide bonds. The standard InChI is InChI=1S/C24H34ClN7O/c1-3-5-7-8-9-10-11-12-19(32-18-29-21-22(25)27-17-28-23(21)32)16-20(33)26-15-14-24(30-31-24)13-6-4-2/h2,17-19H,3,5-16H2,1H3,(H,26,33). The van der Waals surface area contributed by atoms with Crippen LogP contribution in [0.3, 0.4) is 0 Å². The summed E-state index contributed by atoms with van der Waals surface area (Å²) in [5, 5.41) is 11.6. The summed E-state index contributed by atoms with van der Waals surface area (Å²) in [7, 11) is 0. The lowest BCUT2D eigenvalue weighted by Gasteiger charge is -2.19. The van der Waals surface area contributed by atoms with E-state index in [-0.39, 0.29) is 17.6 Å². The normalized spacial score (nSPS) is 14.8. The molecule has 1 N–H and O–H groups in total. The van der Waals surface area contributed by atoms with Crippen LogP contribution in [0.4, 0.5) is 0 Å². The lowest BCUT2D eigenvalue weighted by Crippen LogP contribution is -2.30. The van der Waals surface area contributed by atoms with Crippen LogP contribution in [0.5, 0.6) is 0 Å². The van der Waals surface area contributed by atoms with E-state index in [9.17, 15) is 4.79 Å². The van der Waals surface area contributed by atoms with Crippen molar-refractivity contribution in [2.24, 2.45) is 10.2 Å². The van der Waals surface area contributed by atoms with Crippen molar-refractivity contribution in [1.82, 2.24) is 24.8 Å². The van der Waals surface area contributed by atoms with Gasteiger partial charge in [0.15, 0.2) is 16.5 Å². The smallest absolute Gasteiger partial charge is 0.222 e. The summed E-state index contributed by atoms with van der Waals surface area (Å²) in [6.07, 6.45) is 20.4. The Labute approximate surface area is 201 Å². The van der Waals surface area contributed by atoms with E-state index in [2.05, 4.69) is 43.3 Å². The SMILES string of the molecule is C#CCCC1(CCNC(=O)CC(CCCCCCCCC)n2cnc3c(Cl)ncnc32)N=N1. The number of fused-ring (bicyclic) bond motifs is 1. The van der Waals surface area contributed by atoms with Crippen molar-refractivity contribution in [2.45, 2.75) is 95.7 Å². The van der Waals surface area contributed by atoms with Crippen LogP contribution in [0.15, 0.2) is 22.9 Å². The van der Waals surface area contributed by atoms with Crippen LogP contribution in [0.1, 0.15) is 90.0 Å². The number of carbonyl (C=O) groups is 1. The van der Waals surface area contributed by atoms with Crippen molar-refractivity contribution in [1.29, 1.82) is 0 Å². The van der Waals surface area contributed by atoms with Crippen molar-refractivity contribution in [3.05, 3.63) is 17.8 Å². The highest BCUT2D eigenvalue weighted by atomic mass is 35.5. The molecule has 0 bridgehead atoms. The minimum Gasteiger partial charge on any atom is -0.356 e. The van der Waals surface area contributed by atoms with Crippen molar-refractivity contribution in [3.63, 3.8) is 0 Å². The Morgan fingerprint density at radius 2 is 1.91 bits per heavy atom. The van der Waals surface area contributed by atoms with Crippen LogP contribution in [-0.4, -0.2) is 37.6 Å². The highest BCUT2D eigenvalue weighted by Crippen LogP contribution is 2.36. The first kappa shape index (κ1) is 25.1. The molecule has 1 atom stereocenters. The minimum absolute atomic E-state index is 0.00213. The van der Waals surface area contributed by atoms with E-state index in [1.54, 1.807) is 6.33 Å². The van der Waals surface area contributed by atoms with Gasteiger partial charge in [-0.3, -0.25) is 4.79 Å². The predicted molar refractivity (Wildman–Crippen MR) is 130 cm³/mol. The average molecular weight is 472 g/mol.